The second kappa shape index (κ2) is 8.85. The molecule has 0 bridgehead atoms. The Kier molecular flexibility index (Phi) is 6.28. The fourth-order valence-corrected chi connectivity index (χ4v) is 2.83. The van der Waals surface area contributed by atoms with Crippen molar-refractivity contribution in [3.05, 3.63) is 47.8 Å². The maximum absolute atomic E-state index is 5.73. The number of guanidine groups is 1. The van der Waals surface area contributed by atoms with E-state index in [0.29, 0.717) is 6.54 Å². The summed E-state index contributed by atoms with van der Waals surface area (Å²) in [7, 11) is 3.85. The van der Waals surface area contributed by atoms with E-state index < -0.39 is 0 Å². The summed E-state index contributed by atoms with van der Waals surface area (Å²) in [6.07, 6.45) is 4.65. The van der Waals surface area contributed by atoms with Crippen LogP contribution in [0, 0.1) is 12.8 Å². The number of hydrogen-bond donors (Lipinski definition) is 1. The SMILES string of the molecule is CN=C(NCc1ccccc1-n1ccc(C)n1)N(C)CCOCC1CC1. The van der Waals surface area contributed by atoms with Gasteiger partial charge in [-0.25, -0.2) is 4.68 Å². The molecule has 1 N–H and O–H groups in total. The number of para-hydroxylation sites is 1. The molecule has 140 valence electrons. The van der Waals surface area contributed by atoms with Crippen molar-refractivity contribution in [2.24, 2.45) is 10.9 Å². The van der Waals surface area contributed by atoms with Gasteiger partial charge in [0.25, 0.3) is 0 Å². The Balaban J connectivity index is 1.54. The molecule has 2 aromatic rings. The van der Waals surface area contributed by atoms with Crippen LogP contribution < -0.4 is 5.32 Å². The Morgan fingerprint density at radius 2 is 2.15 bits per heavy atom. The largest absolute Gasteiger partial charge is 0.379 e. The zero-order valence-corrected chi connectivity index (χ0v) is 16.0. The van der Waals surface area contributed by atoms with Crippen LogP contribution in [0.25, 0.3) is 5.69 Å². The highest BCUT2D eigenvalue weighted by molar-refractivity contribution is 5.79. The van der Waals surface area contributed by atoms with Gasteiger partial charge in [-0.3, -0.25) is 4.99 Å². The molecular formula is C20H29N5O. The number of aromatic nitrogens is 2. The molecular weight excluding hydrogens is 326 g/mol. The first-order valence-electron chi connectivity index (χ1n) is 9.27. The van der Waals surface area contributed by atoms with Crippen LogP contribution in [0.3, 0.4) is 0 Å². The Hall–Kier alpha value is -2.34. The van der Waals surface area contributed by atoms with Crippen molar-refractivity contribution in [3.8, 4) is 5.69 Å². The van der Waals surface area contributed by atoms with Crippen LogP contribution in [0.4, 0.5) is 0 Å². The van der Waals surface area contributed by atoms with E-state index in [2.05, 4.69) is 38.5 Å². The first-order chi connectivity index (χ1) is 12.7. The molecule has 0 amide bonds. The molecule has 26 heavy (non-hydrogen) atoms. The Morgan fingerprint density at radius 3 is 2.85 bits per heavy atom. The van der Waals surface area contributed by atoms with Gasteiger partial charge in [-0.05, 0) is 43.4 Å². The van der Waals surface area contributed by atoms with E-state index in [0.717, 1.165) is 43.0 Å². The van der Waals surface area contributed by atoms with Gasteiger partial charge in [-0.15, -0.1) is 0 Å². The van der Waals surface area contributed by atoms with Crippen molar-refractivity contribution in [2.75, 3.05) is 33.9 Å². The second-order valence-corrected chi connectivity index (χ2v) is 6.87. The van der Waals surface area contributed by atoms with E-state index in [1.807, 2.05) is 44.0 Å². The fraction of sp³-hybridized carbons (Fsp3) is 0.500. The lowest BCUT2D eigenvalue weighted by atomic mass is 10.2. The second-order valence-electron chi connectivity index (χ2n) is 6.87. The quantitative estimate of drug-likeness (QED) is 0.449. The van der Waals surface area contributed by atoms with Crippen molar-refractivity contribution in [1.29, 1.82) is 0 Å². The third kappa shape index (κ3) is 5.08. The smallest absolute Gasteiger partial charge is 0.193 e. The average molecular weight is 355 g/mol. The van der Waals surface area contributed by atoms with Gasteiger partial charge in [-0.1, -0.05) is 18.2 Å². The van der Waals surface area contributed by atoms with Gasteiger partial charge in [-0.2, -0.15) is 5.10 Å². The zero-order chi connectivity index (χ0) is 18.4. The van der Waals surface area contributed by atoms with Gasteiger partial charge in [0.05, 0.1) is 18.0 Å². The highest BCUT2D eigenvalue weighted by Crippen LogP contribution is 2.28. The summed E-state index contributed by atoms with van der Waals surface area (Å²) in [5.41, 5.74) is 3.27. The molecule has 0 unspecified atom stereocenters. The lowest BCUT2D eigenvalue weighted by Gasteiger charge is -2.22. The van der Waals surface area contributed by atoms with Gasteiger partial charge >= 0.3 is 0 Å². The van der Waals surface area contributed by atoms with Crippen LogP contribution in [0.1, 0.15) is 24.1 Å². The third-order valence-electron chi connectivity index (χ3n) is 4.59. The average Bonchev–Trinajstić information content (AvgIpc) is 3.38. The highest BCUT2D eigenvalue weighted by Gasteiger charge is 2.21. The molecule has 6 heteroatoms. The first kappa shape index (κ1) is 18.5. The predicted molar refractivity (Wildman–Crippen MR) is 105 cm³/mol. The molecule has 1 aliphatic carbocycles. The molecule has 1 aliphatic rings. The lowest BCUT2D eigenvalue weighted by molar-refractivity contribution is 0.115. The van der Waals surface area contributed by atoms with Crippen LogP contribution in [0.2, 0.25) is 0 Å². The van der Waals surface area contributed by atoms with Crippen molar-refractivity contribution >= 4 is 5.96 Å². The zero-order valence-electron chi connectivity index (χ0n) is 16.0. The molecule has 1 aromatic heterocycles. The van der Waals surface area contributed by atoms with E-state index in [1.165, 1.54) is 18.4 Å². The maximum Gasteiger partial charge on any atom is 0.193 e. The van der Waals surface area contributed by atoms with E-state index in [9.17, 15) is 0 Å². The van der Waals surface area contributed by atoms with Gasteiger partial charge < -0.3 is 15.0 Å². The lowest BCUT2D eigenvalue weighted by Crippen LogP contribution is -2.40. The molecule has 0 saturated heterocycles. The number of rotatable bonds is 8. The molecule has 0 spiro atoms. The Bertz CT molecular complexity index is 735. The standard InChI is InChI=1S/C20H29N5O/c1-16-10-11-25(23-16)19-7-5-4-6-18(19)14-22-20(21-2)24(3)12-13-26-15-17-8-9-17/h4-7,10-11,17H,8-9,12-15H2,1-3H3,(H,21,22). The molecule has 1 fully saturated rings. The van der Waals surface area contributed by atoms with E-state index in [-0.39, 0.29) is 0 Å². The summed E-state index contributed by atoms with van der Waals surface area (Å²) in [5, 5.41) is 7.97. The Morgan fingerprint density at radius 1 is 1.35 bits per heavy atom. The van der Waals surface area contributed by atoms with Crippen molar-refractivity contribution in [2.45, 2.75) is 26.3 Å². The summed E-state index contributed by atoms with van der Waals surface area (Å²) < 4.78 is 7.65. The third-order valence-corrected chi connectivity index (χ3v) is 4.59. The van der Waals surface area contributed by atoms with E-state index in [4.69, 9.17) is 4.74 Å². The van der Waals surface area contributed by atoms with E-state index >= 15 is 0 Å². The van der Waals surface area contributed by atoms with Gasteiger partial charge in [0.2, 0.25) is 0 Å². The predicted octanol–water partition coefficient (Wildman–Crippen LogP) is 2.61. The van der Waals surface area contributed by atoms with Crippen LogP contribution in [0.5, 0.6) is 0 Å². The molecule has 6 nitrogen and oxygen atoms in total. The summed E-state index contributed by atoms with van der Waals surface area (Å²) in [5.74, 6) is 1.67. The number of aliphatic imine (C=N–C) groups is 1. The van der Waals surface area contributed by atoms with Crippen LogP contribution >= 0.6 is 0 Å². The van der Waals surface area contributed by atoms with Gasteiger partial charge in [0.15, 0.2) is 5.96 Å². The molecule has 1 saturated carbocycles. The van der Waals surface area contributed by atoms with E-state index in [1.54, 1.807) is 0 Å². The van der Waals surface area contributed by atoms with Crippen molar-refractivity contribution in [1.82, 2.24) is 20.0 Å². The summed E-state index contributed by atoms with van der Waals surface area (Å²) in [6.45, 7) is 5.15. The molecule has 3 rings (SSSR count). The topological polar surface area (TPSA) is 54.7 Å². The number of benzene rings is 1. The van der Waals surface area contributed by atoms with Crippen LogP contribution in [0.15, 0.2) is 41.5 Å². The van der Waals surface area contributed by atoms with Crippen LogP contribution in [-0.2, 0) is 11.3 Å². The molecule has 0 radical (unpaired) electrons. The minimum atomic E-state index is 0.690. The molecule has 0 atom stereocenters. The van der Waals surface area contributed by atoms with Crippen molar-refractivity contribution in [3.63, 3.8) is 0 Å². The normalized spacial score (nSPS) is 14.5. The highest BCUT2D eigenvalue weighted by atomic mass is 16.5. The minimum Gasteiger partial charge on any atom is -0.379 e. The monoisotopic (exact) mass is 355 g/mol. The summed E-state index contributed by atoms with van der Waals surface area (Å²) >= 11 is 0. The van der Waals surface area contributed by atoms with Crippen molar-refractivity contribution < 1.29 is 4.74 Å². The Labute approximate surface area is 155 Å². The van der Waals surface area contributed by atoms with Gasteiger partial charge in [0, 0.05) is 40.0 Å². The molecule has 0 aliphatic heterocycles. The number of aryl methyl sites for hydroxylation is 1. The number of hydrogen-bond acceptors (Lipinski definition) is 3. The number of nitrogens with zero attached hydrogens (tertiary/aromatic N) is 4. The van der Waals surface area contributed by atoms with Crippen LogP contribution in [-0.4, -0.2) is 54.5 Å². The molecule has 1 heterocycles. The first-order valence-corrected chi connectivity index (χ1v) is 9.27. The number of likely N-dealkylation sites (N-methyl/N-ethyl adjacent to an activating group) is 1. The summed E-state index contributed by atoms with van der Waals surface area (Å²) in [6, 6.07) is 10.3. The minimum absolute atomic E-state index is 0.690. The number of ether oxygens (including phenoxy) is 1. The van der Waals surface area contributed by atoms with Gasteiger partial charge in [0.1, 0.15) is 0 Å². The fourth-order valence-electron chi connectivity index (χ4n) is 2.83. The maximum atomic E-state index is 5.73. The molecule has 1 aromatic carbocycles. The summed E-state index contributed by atoms with van der Waals surface area (Å²) in [4.78, 5) is 6.49. The number of nitrogens with one attached hydrogen (secondary N) is 1.